The van der Waals surface area contributed by atoms with Crippen LogP contribution in [0, 0.1) is 21.4 Å². The number of halogens is 3. The molecule has 1 N–H and O–H groups in total. The molecule has 134 valence electrons. The van der Waals surface area contributed by atoms with Crippen molar-refractivity contribution in [1.82, 2.24) is 5.32 Å². The molecule has 1 amide bonds. The van der Waals surface area contributed by atoms with Gasteiger partial charge in [0.2, 0.25) is 0 Å². The Morgan fingerprint density at radius 3 is 2.50 bits per heavy atom. The van der Waals surface area contributed by atoms with Crippen LogP contribution < -0.4 is 5.32 Å². The highest BCUT2D eigenvalue weighted by molar-refractivity contribution is 7.99. The fraction of sp³-hybridized carbons (Fsp3) is 0.125. The first kappa shape index (κ1) is 19.3. The second-order valence-corrected chi connectivity index (χ2v) is 6.05. The molecule has 0 aliphatic heterocycles. The van der Waals surface area contributed by atoms with Gasteiger partial charge < -0.3 is 5.32 Å². The average Bonchev–Trinajstić information content (AvgIpc) is 2.60. The Morgan fingerprint density at radius 1 is 1.27 bits per heavy atom. The number of amides is 1. The molecule has 0 unspecified atom stereocenters. The number of benzene rings is 2. The zero-order valence-corrected chi connectivity index (χ0v) is 13.9. The van der Waals surface area contributed by atoms with E-state index in [2.05, 4.69) is 5.32 Å². The van der Waals surface area contributed by atoms with Crippen molar-refractivity contribution in [2.24, 2.45) is 0 Å². The van der Waals surface area contributed by atoms with Gasteiger partial charge in [-0.1, -0.05) is 11.8 Å². The standard InChI is InChI=1S/C16H10F3N3O3S/c1-21-15(23)9-3-5-14(13(6-9)22(24)25)26-11-4-2-10(8-20)12(7-11)16(17,18)19/h2-7H,1H3,(H,21,23). The van der Waals surface area contributed by atoms with Crippen LogP contribution in [0.15, 0.2) is 46.2 Å². The van der Waals surface area contributed by atoms with Crippen molar-refractivity contribution in [1.29, 1.82) is 5.26 Å². The summed E-state index contributed by atoms with van der Waals surface area (Å²) in [4.78, 5) is 22.3. The van der Waals surface area contributed by atoms with Gasteiger partial charge in [-0.25, -0.2) is 0 Å². The monoisotopic (exact) mass is 381 g/mol. The first-order chi connectivity index (χ1) is 12.2. The molecule has 26 heavy (non-hydrogen) atoms. The van der Waals surface area contributed by atoms with Crippen LogP contribution in [0.4, 0.5) is 18.9 Å². The lowest BCUT2D eigenvalue weighted by atomic mass is 10.1. The van der Waals surface area contributed by atoms with Crippen LogP contribution in [-0.2, 0) is 6.18 Å². The Labute approximate surface area is 149 Å². The lowest BCUT2D eigenvalue weighted by molar-refractivity contribution is -0.387. The highest BCUT2D eigenvalue weighted by atomic mass is 32.2. The number of hydrogen-bond donors (Lipinski definition) is 1. The van der Waals surface area contributed by atoms with Crippen molar-refractivity contribution in [2.45, 2.75) is 16.0 Å². The number of hydrogen-bond acceptors (Lipinski definition) is 5. The molecule has 0 heterocycles. The van der Waals surface area contributed by atoms with Crippen molar-refractivity contribution in [3.8, 4) is 6.07 Å². The summed E-state index contributed by atoms with van der Waals surface area (Å²) in [5.41, 5.74) is -2.01. The number of nitrogens with one attached hydrogen (secondary N) is 1. The predicted octanol–water partition coefficient (Wildman–Crippen LogP) is 4.00. The zero-order chi connectivity index (χ0) is 19.5. The fourth-order valence-electron chi connectivity index (χ4n) is 2.08. The molecule has 0 spiro atoms. The van der Waals surface area contributed by atoms with E-state index in [1.54, 1.807) is 0 Å². The van der Waals surface area contributed by atoms with Gasteiger partial charge >= 0.3 is 6.18 Å². The maximum atomic E-state index is 13.0. The molecule has 2 rings (SSSR count). The van der Waals surface area contributed by atoms with Gasteiger partial charge in [0.1, 0.15) is 0 Å². The largest absolute Gasteiger partial charge is 0.417 e. The summed E-state index contributed by atoms with van der Waals surface area (Å²) in [7, 11) is 1.37. The molecule has 0 fully saturated rings. The summed E-state index contributed by atoms with van der Waals surface area (Å²) in [5, 5.41) is 22.4. The minimum atomic E-state index is -4.73. The number of carbonyl (C=O) groups excluding carboxylic acids is 1. The third kappa shape index (κ3) is 4.12. The first-order valence-corrected chi connectivity index (χ1v) is 7.78. The minimum absolute atomic E-state index is 0.0550. The summed E-state index contributed by atoms with van der Waals surface area (Å²) in [6.45, 7) is 0. The molecule has 0 radical (unpaired) electrons. The molecule has 2 aromatic carbocycles. The van der Waals surface area contributed by atoms with E-state index < -0.39 is 33.8 Å². The van der Waals surface area contributed by atoms with E-state index in [9.17, 15) is 28.1 Å². The quantitative estimate of drug-likeness (QED) is 0.638. The molecule has 10 heteroatoms. The van der Waals surface area contributed by atoms with Crippen LogP contribution in [0.2, 0.25) is 0 Å². The lowest BCUT2D eigenvalue weighted by Gasteiger charge is -2.11. The summed E-state index contributed by atoms with van der Waals surface area (Å²) in [6, 6.07) is 8.19. The molecule has 2 aromatic rings. The van der Waals surface area contributed by atoms with Gasteiger partial charge in [-0.15, -0.1) is 0 Å². The van der Waals surface area contributed by atoms with E-state index in [-0.39, 0.29) is 15.4 Å². The van der Waals surface area contributed by atoms with E-state index in [0.29, 0.717) is 0 Å². The Balaban J connectivity index is 2.47. The van der Waals surface area contributed by atoms with Gasteiger partial charge in [0.05, 0.1) is 27.0 Å². The van der Waals surface area contributed by atoms with E-state index in [4.69, 9.17) is 5.26 Å². The third-order valence-corrected chi connectivity index (χ3v) is 4.34. The SMILES string of the molecule is CNC(=O)c1ccc(Sc2ccc(C#N)c(C(F)(F)F)c2)c([N+](=O)[O-])c1. The zero-order valence-electron chi connectivity index (χ0n) is 13.1. The molecule has 0 aliphatic carbocycles. The lowest BCUT2D eigenvalue weighted by Crippen LogP contribution is -2.17. The predicted molar refractivity (Wildman–Crippen MR) is 86.8 cm³/mol. The topological polar surface area (TPSA) is 96.0 Å². The van der Waals surface area contributed by atoms with Crippen LogP contribution in [0.3, 0.4) is 0 Å². The molecule has 0 atom stereocenters. The Morgan fingerprint density at radius 2 is 1.96 bits per heavy atom. The minimum Gasteiger partial charge on any atom is -0.355 e. The van der Waals surface area contributed by atoms with Gasteiger partial charge in [-0.05, 0) is 30.3 Å². The smallest absolute Gasteiger partial charge is 0.355 e. The Bertz CT molecular complexity index is 923. The average molecular weight is 381 g/mol. The van der Waals surface area contributed by atoms with Crippen LogP contribution in [0.5, 0.6) is 0 Å². The van der Waals surface area contributed by atoms with Crippen LogP contribution in [-0.4, -0.2) is 17.9 Å². The van der Waals surface area contributed by atoms with E-state index in [1.165, 1.54) is 31.3 Å². The summed E-state index contributed by atoms with van der Waals surface area (Å²) >= 11 is 0.737. The van der Waals surface area contributed by atoms with Gasteiger partial charge in [0.15, 0.2) is 0 Å². The van der Waals surface area contributed by atoms with Crippen molar-refractivity contribution < 1.29 is 22.9 Å². The molecule has 0 saturated carbocycles. The maximum absolute atomic E-state index is 13.0. The van der Waals surface area contributed by atoms with Crippen molar-refractivity contribution >= 4 is 23.4 Å². The number of nitriles is 1. The van der Waals surface area contributed by atoms with Gasteiger partial charge in [-0.2, -0.15) is 18.4 Å². The van der Waals surface area contributed by atoms with Crippen molar-refractivity contribution in [2.75, 3.05) is 7.05 Å². The highest BCUT2D eigenvalue weighted by Gasteiger charge is 2.34. The molecule has 0 aliphatic rings. The third-order valence-electron chi connectivity index (χ3n) is 3.29. The number of nitro benzene ring substituents is 1. The number of nitrogens with zero attached hydrogens (tertiary/aromatic N) is 2. The number of nitro groups is 1. The molecule has 0 bridgehead atoms. The molecule has 0 saturated heterocycles. The van der Waals surface area contributed by atoms with Crippen molar-refractivity contribution in [3.63, 3.8) is 0 Å². The molecule has 0 aromatic heterocycles. The van der Waals surface area contributed by atoms with E-state index in [0.717, 1.165) is 30.0 Å². The second kappa shape index (κ2) is 7.45. The van der Waals surface area contributed by atoms with Crippen molar-refractivity contribution in [3.05, 3.63) is 63.2 Å². The van der Waals surface area contributed by atoms with Gasteiger partial charge in [0, 0.05) is 23.6 Å². The highest BCUT2D eigenvalue weighted by Crippen LogP contribution is 2.39. The van der Waals surface area contributed by atoms with E-state index in [1.807, 2.05) is 0 Å². The van der Waals surface area contributed by atoms with Gasteiger partial charge in [0.25, 0.3) is 11.6 Å². The normalized spacial score (nSPS) is 10.9. The Hall–Kier alpha value is -3.06. The summed E-state index contributed by atoms with van der Waals surface area (Å²) in [6.07, 6.45) is -4.73. The summed E-state index contributed by atoms with van der Waals surface area (Å²) < 4.78 is 39.1. The second-order valence-electron chi connectivity index (χ2n) is 4.94. The molecular weight excluding hydrogens is 371 g/mol. The Kier molecular flexibility index (Phi) is 5.52. The number of alkyl halides is 3. The first-order valence-electron chi connectivity index (χ1n) is 6.97. The van der Waals surface area contributed by atoms with Gasteiger partial charge in [-0.3, -0.25) is 14.9 Å². The molecular formula is C16H10F3N3O3S. The van der Waals surface area contributed by atoms with E-state index >= 15 is 0 Å². The van der Waals surface area contributed by atoms with Crippen LogP contribution in [0.25, 0.3) is 0 Å². The number of rotatable bonds is 4. The maximum Gasteiger partial charge on any atom is 0.417 e. The van der Waals surface area contributed by atoms with Crippen LogP contribution in [0.1, 0.15) is 21.5 Å². The molecule has 6 nitrogen and oxygen atoms in total. The van der Waals surface area contributed by atoms with Crippen LogP contribution >= 0.6 is 11.8 Å². The summed E-state index contributed by atoms with van der Waals surface area (Å²) in [5.74, 6) is -0.526. The fourth-order valence-corrected chi connectivity index (χ4v) is 3.02. The number of carbonyl (C=O) groups is 1.